The topological polar surface area (TPSA) is 89.8 Å². The van der Waals surface area contributed by atoms with Gasteiger partial charge >= 0.3 is 0 Å². The molecule has 8 heteroatoms. The number of nitro benzene ring substituents is 1. The van der Waals surface area contributed by atoms with Crippen molar-refractivity contribution in [3.63, 3.8) is 0 Å². The Kier molecular flexibility index (Phi) is 3.81. The summed E-state index contributed by atoms with van der Waals surface area (Å²) in [5.74, 6) is -1.49. The van der Waals surface area contributed by atoms with Gasteiger partial charge in [-0.3, -0.25) is 19.7 Å². The van der Waals surface area contributed by atoms with E-state index < -0.39 is 16.8 Å². The van der Waals surface area contributed by atoms with Crippen molar-refractivity contribution >= 4 is 34.8 Å². The number of fused-ring (bicyclic) bond motifs is 1. The molecule has 7 nitrogen and oxygen atoms in total. The number of methoxy groups -OCH3 is 1. The van der Waals surface area contributed by atoms with Gasteiger partial charge in [-0.25, -0.2) is 4.90 Å². The van der Waals surface area contributed by atoms with Crippen LogP contribution in [0.3, 0.4) is 0 Å². The third-order valence-corrected chi connectivity index (χ3v) is 4.49. The fourth-order valence-electron chi connectivity index (χ4n) is 3.03. The molecule has 1 fully saturated rings. The Bertz CT molecular complexity index is 745. The lowest BCUT2D eigenvalue weighted by molar-refractivity contribution is -0.384. The molecule has 1 aliphatic carbocycles. The van der Waals surface area contributed by atoms with Gasteiger partial charge in [0.15, 0.2) is 0 Å². The van der Waals surface area contributed by atoms with Crippen molar-refractivity contribution in [3.05, 3.63) is 39.4 Å². The van der Waals surface area contributed by atoms with Gasteiger partial charge in [0, 0.05) is 11.1 Å². The number of hydrogen-bond donors (Lipinski definition) is 0. The van der Waals surface area contributed by atoms with Gasteiger partial charge in [0.25, 0.3) is 5.69 Å². The Hall–Kier alpha value is -2.41. The van der Waals surface area contributed by atoms with Gasteiger partial charge in [-0.15, -0.1) is 0 Å². The van der Waals surface area contributed by atoms with E-state index in [1.165, 1.54) is 25.3 Å². The van der Waals surface area contributed by atoms with Crippen molar-refractivity contribution < 1.29 is 19.2 Å². The summed E-state index contributed by atoms with van der Waals surface area (Å²) in [6, 6.07) is 3.80. The van der Waals surface area contributed by atoms with Crippen LogP contribution in [0.15, 0.2) is 29.3 Å². The van der Waals surface area contributed by atoms with Crippen molar-refractivity contribution in [2.45, 2.75) is 12.8 Å². The molecule has 1 aliphatic heterocycles. The molecule has 1 heterocycles. The molecular formula is C15H13ClN2O5. The number of allylic oxidation sites excluding steroid dienone is 2. The largest absolute Gasteiger partial charge is 0.494 e. The Balaban J connectivity index is 2.01. The maximum Gasteiger partial charge on any atom is 0.273 e. The van der Waals surface area contributed by atoms with Gasteiger partial charge in [0.05, 0.1) is 35.6 Å². The zero-order valence-electron chi connectivity index (χ0n) is 12.2. The normalized spacial score (nSPS) is 23.6. The minimum atomic E-state index is -0.566. The van der Waals surface area contributed by atoms with Crippen LogP contribution in [0.5, 0.6) is 5.75 Å². The fourth-order valence-corrected chi connectivity index (χ4v) is 3.28. The van der Waals surface area contributed by atoms with E-state index in [1.807, 2.05) is 0 Å². The molecule has 23 heavy (non-hydrogen) atoms. The first-order valence-corrected chi connectivity index (χ1v) is 7.36. The van der Waals surface area contributed by atoms with Crippen LogP contribution in [0, 0.1) is 22.0 Å². The first-order chi connectivity index (χ1) is 10.9. The zero-order chi connectivity index (χ0) is 16.7. The highest BCUT2D eigenvalue weighted by Gasteiger charge is 2.49. The Morgan fingerprint density at radius 3 is 2.65 bits per heavy atom. The molecule has 0 N–H and O–H groups in total. The van der Waals surface area contributed by atoms with Gasteiger partial charge in [-0.1, -0.05) is 17.7 Å². The number of carbonyl (C=O) groups is 2. The number of anilines is 1. The molecule has 0 unspecified atom stereocenters. The lowest BCUT2D eigenvalue weighted by atomic mass is 9.85. The smallest absolute Gasteiger partial charge is 0.273 e. The monoisotopic (exact) mass is 336 g/mol. The number of nitro groups is 1. The van der Waals surface area contributed by atoms with Crippen molar-refractivity contribution in [1.82, 2.24) is 0 Å². The number of non-ortho nitro benzene ring substituents is 1. The van der Waals surface area contributed by atoms with E-state index in [4.69, 9.17) is 16.3 Å². The predicted molar refractivity (Wildman–Crippen MR) is 82.3 cm³/mol. The molecule has 0 spiro atoms. The number of amides is 2. The SMILES string of the molecule is COc1cc([N+](=O)[O-])ccc1N1C(=O)[C@H]2CC=C(Cl)C[C@@H]2C1=O. The Morgan fingerprint density at radius 2 is 2.00 bits per heavy atom. The van der Waals surface area contributed by atoms with Crippen molar-refractivity contribution in [2.75, 3.05) is 12.0 Å². The molecule has 1 saturated heterocycles. The molecule has 2 amide bonds. The lowest BCUT2D eigenvalue weighted by Crippen LogP contribution is -2.31. The quantitative estimate of drug-likeness (QED) is 0.481. The molecule has 1 aromatic rings. The predicted octanol–water partition coefficient (Wildman–Crippen LogP) is 2.63. The molecule has 0 saturated carbocycles. The minimum Gasteiger partial charge on any atom is -0.494 e. The molecule has 2 atom stereocenters. The van der Waals surface area contributed by atoms with Crippen LogP contribution in [-0.2, 0) is 9.59 Å². The number of rotatable bonds is 3. The van der Waals surface area contributed by atoms with Crippen LogP contribution in [0.4, 0.5) is 11.4 Å². The van der Waals surface area contributed by atoms with Crippen LogP contribution in [0.25, 0.3) is 0 Å². The van der Waals surface area contributed by atoms with Crippen LogP contribution >= 0.6 is 11.6 Å². The molecule has 1 aromatic carbocycles. The summed E-state index contributed by atoms with van der Waals surface area (Å²) in [6.45, 7) is 0. The second-order valence-corrected chi connectivity index (χ2v) is 5.91. The highest BCUT2D eigenvalue weighted by Crippen LogP contribution is 2.43. The summed E-state index contributed by atoms with van der Waals surface area (Å²) in [5.41, 5.74) is 0.0467. The van der Waals surface area contributed by atoms with Crippen LogP contribution in [0.2, 0.25) is 0 Å². The highest BCUT2D eigenvalue weighted by atomic mass is 35.5. The Labute approximate surface area is 136 Å². The maximum absolute atomic E-state index is 12.6. The number of hydrogen-bond acceptors (Lipinski definition) is 5. The standard InChI is InChI=1S/C15H13ClN2O5/c1-23-13-7-9(18(21)22)3-5-12(13)17-14(19)10-4-2-8(16)6-11(10)15(17)20/h2-3,5,7,10-11H,4,6H2,1H3/t10-,11-/m0/s1. The number of imide groups is 1. The molecule has 120 valence electrons. The van der Waals surface area contributed by atoms with Crippen LogP contribution in [0.1, 0.15) is 12.8 Å². The van der Waals surface area contributed by atoms with Gasteiger partial charge in [-0.05, 0) is 18.9 Å². The number of nitrogens with zero attached hydrogens (tertiary/aromatic N) is 2. The number of ether oxygens (including phenoxy) is 1. The third-order valence-electron chi connectivity index (χ3n) is 4.18. The summed E-state index contributed by atoms with van der Waals surface area (Å²) in [6.07, 6.45) is 2.51. The van der Waals surface area contributed by atoms with E-state index >= 15 is 0 Å². The second kappa shape index (κ2) is 5.66. The van der Waals surface area contributed by atoms with E-state index in [2.05, 4.69) is 0 Å². The Morgan fingerprint density at radius 1 is 1.30 bits per heavy atom. The van der Waals surface area contributed by atoms with Gasteiger partial charge in [-0.2, -0.15) is 0 Å². The summed E-state index contributed by atoms with van der Waals surface area (Å²) in [4.78, 5) is 36.5. The summed E-state index contributed by atoms with van der Waals surface area (Å²) in [5, 5.41) is 11.4. The molecule has 0 bridgehead atoms. The highest BCUT2D eigenvalue weighted by molar-refractivity contribution is 6.30. The molecule has 0 aromatic heterocycles. The maximum atomic E-state index is 12.6. The third kappa shape index (κ3) is 2.46. The number of benzene rings is 1. The van der Waals surface area contributed by atoms with Gasteiger partial charge in [0.2, 0.25) is 11.8 Å². The molecule has 2 aliphatic rings. The minimum absolute atomic E-state index is 0.110. The first kappa shape index (κ1) is 15.5. The summed E-state index contributed by atoms with van der Waals surface area (Å²) >= 11 is 5.98. The second-order valence-electron chi connectivity index (χ2n) is 5.43. The first-order valence-electron chi connectivity index (χ1n) is 6.98. The summed E-state index contributed by atoms with van der Waals surface area (Å²) < 4.78 is 5.13. The molecule has 0 radical (unpaired) electrons. The fraction of sp³-hybridized carbons (Fsp3) is 0.333. The van der Waals surface area contributed by atoms with Gasteiger partial charge < -0.3 is 4.74 Å². The summed E-state index contributed by atoms with van der Waals surface area (Å²) in [7, 11) is 1.33. The van der Waals surface area contributed by atoms with E-state index in [0.29, 0.717) is 17.9 Å². The van der Waals surface area contributed by atoms with Crippen molar-refractivity contribution in [1.29, 1.82) is 0 Å². The van der Waals surface area contributed by atoms with E-state index in [-0.39, 0.29) is 28.9 Å². The van der Waals surface area contributed by atoms with E-state index in [9.17, 15) is 19.7 Å². The van der Waals surface area contributed by atoms with Gasteiger partial charge in [0.1, 0.15) is 5.75 Å². The number of halogens is 1. The molecule has 3 rings (SSSR count). The van der Waals surface area contributed by atoms with Crippen molar-refractivity contribution in [2.24, 2.45) is 11.8 Å². The number of carbonyl (C=O) groups excluding carboxylic acids is 2. The van der Waals surface area contributed by atoms with Crippen LogP contribution < -0.4 is 9.64 Å². The average molecular weight is 337 g/mol. The van der Waals surface area contributed by atoms with E-state index in [0.717, 1.165) is 4.90 Å². The lowest BCUT2D eigenvalue weighted by Gasteiger charge is -2.17. The van der Waals surface area contributed by atoms with Crippen LogP contribution in [-0.4, -0.2) is 23.8 Å². The van der Waals surface area contributed by atoms with E-state index in [1.54, 1.807) is 6.08 Å². The average Bonchev–Trinajstić information content (AvgIpc) is 2.77. The van der Waals surface area contributed by atoms with Crippen molar-refractivity contribution in [3.8, 4) is 5.75 Å². The molecular weight excluding hydrogens is 324 g/mol. The zero-order valence-corrected chi connectivity index (χ0v) is 12.9.